The molecule has 0 radical (unpaired) electrons. The lowest BCUT2D eigenvalue weighted by Gasteiger charge is -2.38. The summed E-state index contributed by atoms with van der Waals surface area (Å²) in [5, 5.41) is 3.46. The average Bonchev–Trinajstić information content (AvgIpc) is 2.36. The van der Waals surface area contributed by atoms with Gasteiger partial charge in [0, 0.05) is 0 Å². The van der Waals surface area contributed by atoms with Crippen LogP contribution in [-0.4, -0.2) is 25.2 Å². The van der Waals surface area contributed by atoms with E-state index >= 15 is 0 Å². The van der Waals surface area contributed by atoms with Crippen molar-refractivity contribution in [3.63, 3.8) is 0 Å². The molecule has 0 saturated heterocycles. The number of rotatable bonds is 5. The number of carbonyl (C=O) groups excluding carboxylic acids is 1. The van der Waals surface area contributed by atoms with Crippen molar-refractivity contribution in [2.45, 2.75) is 58.4 Å². The molecule has 0 unspecified atom stereocenters. The van der Waals surface area contributed by atoms with E-state index in [1.54, 1.807) is 0 Å². The Morgan fingerprint density at radius 3 is 2.41 bits per heavy atom. The highest BCUT2D eigenvalue weighted by Crippen LogP contribution is 2.34. The second kappa shape index (κ2) is 6.39. The van der Waals surface area contributed by atoms with Crippen LogP contribution in [0.5, 0.6) is 0 Å². The lowest BCUT2D eigenvalue weighted by atomic mass is 9.75. The first-order chi connectivity index (χ1) is 8.04. The van der Waals surface area contributed by atoms with Crippen molar-refractivity contribution in [3.8, 4) is 0 Å². The third kappa shape index (κ3) is 3.70. The summed E-state index contributed by atoms with van der Waals surface area (Å²) in [4.78, 5) is 12.0. The summed E-state index contributed by atoms with van der Waals surface area (Å²) in [6.45, 7) is 7.44. The Kier molecular flexibility index (Phi) is 5.44. The van der Waals surface area contributed by atoms with Crippen LogP contribution in [0, 0.1) is 11.8 Å². The number of hydrogen-bond acceptors (Lipinski definition) is 3. The maximum atomic E-state index is 12.0. The Balaban J connectivity index is 2.64. The standard InChI is InChI=1S/C14H27NO2/c1-5-12-6-8-14(9-7-12,13(16)17-4)15-10-11(2)3/h11-12,15H,5-10H2,1-4H3. The molecule has 17 heavy (non-hydrogen) atoms. The van der Waals surface area contributed by atoms with Crippen LogP contribution >= 0.6 is 0 Å². The molecule has 1 fully saturated rings. The molecular formula is C14H27NO2. The molecule has 0 amide bonds. The molecule has 0 aromatic rings. The van der Waals surface area contributed by atoms with Crippen molar-refractivity contribution in [2.24, 2.45) is 11.8 Å². The summed E-state index contributed by atoms with van der Waals surface area (Å²) in [7, 11) is 1.49. The van der Waals surface area contributed by atoms with Gasteiger partial charge >= 0.3 is 5.97 Å². The Labute approximate surface area is 105 Å². The summed E-state index contributed by atoms with van der Waals surface area (Å²) in [6.07, 6.45) is 5.34. The molecule has 0 atom stereocenters. The van der Waals surface area contributed by atoms with E-state index in [4.69, 9.17) is 4.74 Å². The summed E-state index contributed by atoms with van der Waals surface area (Å²) in [5.41, 5.74) is -0.412. The predicted octanol–water partition coefficient (Wildman–Crippen LogP) is 2.74. The highest BCUT2D eigenvalue weighted by atomic mass is 16.5. The largest absolute Gasteiger partial charge is 0.468 e. The highest BCUT2D eigenvalue weighted by Gasteiger charge is 2.42. The molecule has 1 N–H and O–H groups in total. The first-order valence-electron chi connectivity index (χ1n) is 6.87. The zero-order chi connectivity index (χ0) is 12.9. The number of esters is 1. The molecule has 0 heterocycles. The number of carbonyl (C=O) groups is 1. The zero-order valence-electron chi connectivity index (χ0n) is 11.7. The topological polar surface area (TPSA) is 38.3 Å². The van der Waals surface area contributed by atoms with Gasteiger partial charge in [0.25, 0.3) is 0 Å². The summed E-state index contributed by atoms with van der Waals surface area (Å²) in [5.74, 6) is 1.27. The second-order valence-electron chi connectivity index (χ2n) is 5.70. The van der Waals surface area contributed by atoms with E-state index in [1.165, 1.54) is 13.5 Å². The van der Waals surface area contributed by atoms with Crippen LogP contribution in [0.25, 0.3) is 0 Å². The van der Waals surface area contributed by atoms with Crippen molar-refractivity contribution in [3.05, 3.63) is 0 Å². The van der Waals surface area contributed by atoms with Crippen LogP contribution < -0.4 is 5.32 Å². The quantitative estimate of drug-likeness (QED) is 0.752. The zero-order valence-corrected chi connectivity index (χ0v) is 11.7. The van der Waals surface area contributed by atoms with Gasteiger partial charge in [0.1, 0.15) is 5.54 Å². The maximum Gasteiger partial charge on any atom is 0.326 e. The van der Waals surface area contributed by atoms with E-state index in [-0.39, 0.29) is 5.97 Å². The van der Waals surface area contributed by atoms with E-state index in [2.05, 4.69) is 26.1 Å². The van der Waals surface area contributed by atoms with Gasteiger partial charge in [-0.05, 0) is 44.1 Å². The molecule has 100 valence electrons. The van der Waals surface area contributed by atoms with E-state index < -0.39 is 5.54 Å². The van der Waals surface area contributed by atoms with E-state index in [0.29, 0.717) is 5.92 Å². The molecule has 0 aromatic heterocycles. The van der Waals surface area contributed by atoms with Crippen molar-refractivity contribution in [1.29, 1.82) is 0 Å². The van der Waals surface area contributed by atoms with E-state index in [9.17, 15) is 4.79 Å². The highest BCUT2D eigenvalue weighted by molar-refractivity contribution is 5.80. The molecule has 0 aliphatic heterocycles. The van der Waals surface area contributed by atoms with Crippen LogP contribution in [0.4, 0.5) is 0 Å². The molecule has 0 bridgehead atoms. The number of ether oxygens (including phenoxy) is 1. The number of nitrogens with one attached hydrogen (secondary N) is 1. The normalized spacial score (nSPS) is 29.4. The van der Waals surface area contributed by atoms with Gasteiger partial charge in [0.05, 0.1) is 7.11 Å². The molecule has 0 aromatic carbocycles. The minimum absolute atomic E-state index is 0.0762. The lowest BCUT2D eigenvalue weighted by molar-refractivity contribution is -0.150. The molecule has 1 saturated carbocycles. The maximum absolute atomic E-state index is 12.0. The first kappa shape index (κ1) is 14.5. The smallest absolute Gasteiger partial charge is 0.326 e. The average molecular weight is 241 g/mol. The predicted molar refractivity (Wildman–Crippen MR) is 69.8 cm³/mol. The van der Waals surface area contributed by atoms with Crippen molar-refractivity contribution >= 4 is 5.97 Å². The molecule has 0 spiro atoms. The van der Waals surface area contributed by atoms with Crippen LogP contribution in [-0.2, 0) is 9.53 Å². The molecule has 3 heteroatoms. The number of hydrogen-bond donors (Lipinski definition) is 1. The van der Waals surface area contributed by atoms with Crippen LogP contribution in [0.1, 0.15) is 52.9 Å². The van der Waals surface area contributed by atoms with Gasteiger partial charge < -0.3 is 10.1 Å². The van der Waals surface area contributed by atoms with E-state index in [0.717, 1.165) is 38.1 Å². The second-order valence-corrected chi connectivity index (χ2v) is 5.70. The van der Waals surface area contributed by atoms with Crippen LogP contribution in [0.15, 0.2) is 0 Å². The SMILES string of the molecule is CCC1CCC(NCC(C)C)(C(=O)OC)CC1. The van der Waals surface area contributed by atoms with Gasteiger partial charge in [0.15, 0.2) is 0 Å². The molecule has 1 aliphatic carbocycles. The fraction of sp³-hybridized carbons (Fsp3) is 0.929. The summed E-state index contributed by atoms with van der Waals surface area (Å²) >= 11 is 0. The van der Waals surface area contributed by atoms with Crippen molar-refractivity contribution in [1.82, 2.24) is 5.32 Å². The molecule has 3 nitrogen and oxygen atoms in total. The van der Waals surface area contributed by atoms with Gasteiger partial charge in [-0.3, -0.25) is 4.79 Å². The monoisotopic (exact) mass is 241 g/mol. The van der Waals surface area contributed by atoms with E-state index in [1.807, 2.05) is 0 Å². The molecular weight excluding hydrogens is 214 g/mol. The summed E-state index contributed by atoms with van der Waals surface area (Å²) < 4.78 is 4.99. The first-order valence-corrected chi connectivity index (χ1v) is 6.87. The van der Waals surface area contributed by atoms with Crippen molar-refractivity contribution < 1.29 is 9.53 Å². The lowest BCUT2D eigenvalue weighted by Crippen LogP contribution is -2.55. The third-order valence-electron chi connectivity index (χ3n) is 3.96. The van der Waals surface area contributed by atoms with Crippen LogP contribution in [0.2, 0.25) is 0 Å². The Morgan fingerprint density at radius 2 is 2.00 bits per heavy atom. The third-order valence-corrected chi connectivity index (χ3v) is 3.96. The minimum Gasteiger partial charge on any atom is -0.468 e. The Bertz CT molecular complexity index is 243. The van der Waals surface area contributed by atoms with Gasteiger partial charge in [-0.15, -0.1) is 0 Å². The summed E-state index contributed by atoms with van der Waals surface area (Å²) in [6, 6.07) is 0. The molecule has 1 rings (SSSR count). The Hall–Kier alpha value is -0.570. The Morgan fingerprint density at radius 1 is 1.41 bits per heavy atom. The van der Waals surface area contributed by atoms with Gasteiger partial charge in [-0.1, -0.05) is 27.2 Å². The molecule has 1 aliphatic rings. The van der Waals surface area contributed by atoms with Crippen LogP contribution in [0.3, 0.4) is 0 Å². The van der Waals surface area contributed by atoms with Crippen molar-refractivity contribution in [2.75, 3.05) is 13.7 Å². The minimum atomic E-state index is -0.412. The van der Waals surface area contributed by atoms with Gasteiger partial charge in [0.2, 0.25) is 0 Å². The van der Waals surface area contributed by atoms with Gasteiger partial charge in [-0.2, -0.15) is 0 Å². The van der Waals surface area contributed by atoms with Gasteiger partial charge in [-0.25, -0.2) is 0 Å². The fourth-order valence-corrected chi connectivity index (χ4v) is 2.63. The number of methoxy groups -OCH3 is 1. The fourth-order valence-electron chi connectivity index (χ4n) is 2.63.